The van der Waals surface area contributed by atoms with E-state index in [0.717, 1.165) is 25.5 Å². The Morgan fingerprint density at radius 2 is 1.95 bits per heavy atom. The van der Waals surface area contributed by atoms with Crippen LogP contribution in [0.25, 0.3) is 0 Å². The van der Waals surface area contributed by atoms with Gasteiger partial charge in [0.15, 0.2) is 9.84 Å². The minimum Gasteiger partial charge on any atom is -0.349 e. The zero-order valence-corrected chi connectivity index (χ0v) is 12.7. The Labute approximate surface area is 120 Å². The van der Waals surface area contributed by atoms with Gasteiger partial charge in [-0.15, -0.1) is 0 Å². The number of nitrogens with one attached hydrogen (secondary N) is 1. The molecule has 110 valence electrons. The van der Waals surface area contributed by atoms with E-state index < -0.39 is 9.84 Å². The van der Waals surface area contributed by atoms with Crippen LogP contribution in [0.15, 0.2) is 29.2 Å². The maximum atomic E-state index is 12.2. The van der Waals surface area contributed by atoms with Gasteiger partial charge in [0.05, 0.1) is 4.90 Å². The molecule has 1 aliphatic carbocycles. The van der Waals surface area contributed by atoms with E-state index in [1.807, 2.05) is 0 Å². The van der Waals surface area contributed by atoms with Crippen LogP contribution in [0.2, 0.25) is 0 Å². The number of benzene rings is 1. The van der Waals surface area contributed by atoms with Gasteiger partial charge in [0, 0.05) is 17.9 Å². The Morgan fingerprint density at radius 1 is 1.25 bits per heavy atom. The zero-order chi connectivity index (χ0) is 14.8. The first-order valence-electron chi connectivity index (χ1n) is 6.99. The molecule has 0 bridgehead atoms. The standard InChI is InChI=1S/C15H21NO3S/c1-11-6-3-4-9-14(11)16-15(17)12-7-5-8-13(10-12)20(2,18)19/h5,7-8,10-11,14H,3-4,6,9H2,1-2H3,(H,16,17)/t11-,14+/m1/s1. The fraction of sp³-hybridized carbons (Fsp3) is 0.533. The summed E-state index contributed by atoms with van der Waals surface area (Å²) in [6.45, 7) is 2.15. The number of hydrogen-bond acceptors (Lipinski definition) is 3. The predicted octanol–water partition coefficient (Wildman–Crippen LogP) is 2.40. The van der Waals surface area contributed by atoms with Gasteiger partial charge < -0.3 is 5.32 Å². The second kappa shape index (κ2) is 5.95. The summed E-state index contributed by atoms with van der Waals surface area (Å²) in [6.07, 6.45) is 5.63. The maximum absolute atomic E-state index is 12.2. The summed E-state index contributed by atoms with van der Waals surface area (Å²) >= 11 is 0. The van der Waals surface area contributed by atoms with Crippen molar-refractivity contribution >= 4 is 15.7 Å². The third-order valence-electron chi connectivity index (χ3n) is 3.95. The molecule has 2 atom stereocenters. The molecule has 1 saturated carbocycles. The van der Waals surface area contributed by atoms with Crippen molar-refractivity contribution in [2.45, 2.75) is 43.5 Å². The van der Waals surface area contributed by atoms with Gasteiger partial charge in [0.25, 0.3) is 5.91 Å². The van der Waals surface area contributed by atoms with Gasteiger partial charge in [0.1, 0.15) is 0 Å². The molecule has 2 rings (SSSR count). The van der Waals surface area contributed by atoms with Gasteiger partial charge in [-0.05, 0) is 37.0 Å². The van der Waals surface area contributed by atoms with Gasteiger partial charge in [-0.1, -0.05) is 25.8 Å². The Morgan fingerprint density at radius 3 is 2.60 bits per heavy atom. The predicted molar refractivity (Wildman–Crippen MR) is 78.4 cm³/mol. The van der Waals surface area contributed by atoms with Crippen molar-refractivity contribution in [3.8, 4) is 0 Å². The van der Waals surface area contributed by atoms with Crippen LogP contribution in [0.4, 0.5) is 0 Å². The van der Waals surface area contributed by atoms with E-state index >= 15 is 0 Å². The Balaban J connectivity index is 2.13. The smallest absolute Gasteiger partial charge is 0.251 e. The van der Waals surface area contributed by atoms with E-state index in [4.69, 9.17) is 0 Å². The third kappa shape index (κ3) is 3.60. The number of hydrogen-bond donors (Lipinski definition) is 1. The molecule has 1 N–H and O–H groups in total. The van der Waals surface area contributed by atoms with E-state index in [-0.39, 0.29) is 16.8 Å². The molecule has 0 saturated heterocycles. The lowest BCUT2D eigenvalue weighted by Gasteiger charge is -2.29. The molecule has 1 aromatic carbocycles. The van der Waals surface area contributed by atoms with Crippen LogP contribution >= 0.6 is 0 Å². The van der Waals surface area contributed by atoms with Crippen LogP contribution in [-0.4, -0.2) is 26.6 Å². The molecular weight excluding hydrogens is 274 g/mol. The molecule has 0 aliphatic heterocycles. The summed E-state index contributed by atoms with van der Waals surface area (Å²) in [7, 11) is -3.28. The molecule has 0 spiro atoms. The number of carbonyl (C=O) groups excluding carboxylic acids is 1. The fourth-order valence-electron chi connectivity index (χ4n) is 2.65. The molecule has 20 heavy (non-hydrogen) atoms. The van der Waals surface area contributed by atoms with E-state index in [9.17, 15) is 13.2 Å². The minimum atomic E-state index is -3.28. The van der Waals surface area contributed by atoms with Gasteiger partial charge >= 0.3 is 0 Å². The first kappa shape index (κ1) is 15.0. The third-order valence-corrected chi connectivity index (χ3v) is 5.06. The topological polar surface area (TPSA) is 63.2 Å². The van der Waals surface area contributed by atoms with Crippen LogP contribution in [0, 0.1) is 5.92 Å². The number of carbonyl (C=O) groups is 1. The number of amides is 1. The largest absolute Gasteiger partial charge is 0.349 e. The van der Waals surface area contributed by atoms with Crippen molar-refractivity contribution in [3.05, 3.63) is 29.8 Å². The van der Waals surface area contributed by atoms with Gasteiger partial charge in [-0.2, -0.15) is 0 Å². The van der Waals surface area contributed by atoms with E-state index in [1.165, 1.54) is 18.6 Å². The lowest BCUT2D eigenvalue weighted by Crippen LogP contribution is -2.41. The summed E-state index contributed by atoms with van der Waals surface area (Å²) in [5, 5.41) is 3.03. The first-order valence-corrected chi connectivity index (χ1v) is 8.88. The van der Waals surface area contributed by atoms with Crippen LogP contribution in [0.1, 0.15) is 43.0 Å². The lowest BCUT2D eigenvalue weighted by molar-refractivity contribution is 0.0910. The summed E-state index contributed by atoms with van der Waals surface area (Å²) in [4.78, 5) is 12.4. The second-order valence-corrected chi connectivity index (χ2v) is 7.66. The van der Waals surface area contributed by atoms with Crippen molar-refractivity contribution in [3.63, 3.8) is 0 Å². The molecule has 1 aromatic rings. The minimum absolute atomic E-state index is 0.182. The van der Waals surface area contributed by atoms with E-state index in [0.29, 0.717) is 11.5 Å². The molecule has 0 unspecified atom stereocenters. The number of rotatable bonds is 3. The van der Waals surface area contributed by atoms with Crippen molar-refractivity contribution in [2.24, 2.45) is 5.92 Å². The highest BCUT2D eigenvalue weighted by atomic mass is 32.2. The fourth-order valence-corrected chi connectivity index (χ4v) is 3.32. The highest BCUT2D eigenvalue weighted by Crippen LogP contribution is 2.24. The summed E-state index contributed by atoms with van der Waals surface area (Å²) in [5.41, 5.74) is 0.408. The number of sulfone groups is 1. The average molecular weight is 295 g/mol. The van der Waals surface area contributed by atoms with Crippen LogP contribution in [-0.2, 0) is 9.84 Å². The highest BCUT2D eigenvalue weighted by Gasteiger charge is 2.23. The van der Waals surface area contributed by atoms with Crippen molar-refractivity contribution in [1.82, 2.24) is 5.32 Å². The SMILES string of the molecule is C[C@@H]1CCCC[C@@H]1NC(=O)c1cccc(S(C)(=O)=O)c1. The van der Waals surface area contributed by atoms with Crippen LogP contribution in [0.5, 0.6) is 0 Å². The molecular formula is C15H21NO3S. The van der Waals surface area contributed by atoms with Crippen molar-refractivity contribution in [2.75, 3.05) is 6.26 Å². The van der Waals surface area contributed by atoms with Crippen molar-refractivity contribution in [1.29, 1.82) is 0 Å². The van der Waals surface area contributed by atoms with Gasteiger partial charge in [-0.25, -0.2) is 8.42 Å². The molecule has 0 radical (unpaired) electrons. The summed E-state index contributed by atoms with van der Waals surface area (Å²) in [5.74, 6) is 0.292. The Kier molecular flexibility index (Phi) is 4.48. The molecule has 0 heterocycles. The van der Waals surface area contributed by atoms with Gasteiger partial charge in [0.2, 0.25) is 0 Å². The Hall–Kier alpha value is -1.36. The molecule has 4 nitrogen and oxygen atoms in total. The molecule has 1 amide bonds. The summed E-state index contributed by atoms with van der Waals surface area (Å²) in [6, 6.07) is 6.40. The lowest BCUT2D eigenvalue weighted by atomic mass is 9.86. The monoisotopic (exact) mass is 295 g/mol. The zero-order valence-electron chi connectivity index (χ0n) is 11.9. The maximum Gasteiger partial charge on any atom is 0.251 e. The normalized spacial score (nSPS) is 23.3. The average Bonchev–Trinajstić information content (AvgIpc) is 2.40. The van der Waals surface area contributed by atoms with Crippen molar-refractivity contribution < 1.29 is 13.2 Å². The Bertz CT molecular complexity index is 595. The van der Waals surface area contributed by atoms with Crippen LogP contribution < -0.4 is 5.32 Å². The van der Waals surface area contributed by atoms with E-state index in [2.05, 4.69) is 12.2 Å². The first-order chi connectivity index (χ1) is 9.38. The van der Waals surface area contributed by atoms with Gasteiger partial charge in [-0.3, -0.25) is 4.79 Å². The quantitative estimate of drug-likeness (QED) is 0.931. The van der Waals surface area contributed by atoms with E-state index in [1.54, 1.807) is 12.1 Å². The highest BCUT2D eigenvalue weighted by molar-refractivity contribution is 7.90. The molecule has 1 fully saturated rings. The molecule has 5 heteroatoms. The second-order valence-electron chi connectivity index (χ2n) is 5.64. The van der Waals surface area contributed by atoms with Crippen LogP contribution in [0.3, 0.4) is 0 Å². The summed E-state index contributed by atoms with van der Waals surface area (Å²) < 4.78 is 23.0. The molecule has 1 aliphatic rings. The molecule has 0 aromatic heterocycles.